The van der Waals surface area contributed by atoms with Gasteiger partial charge < -0.3 is 9.73 Å². The molecule has 0 aliphatic carbocycles. The van der Waals surface area contributed by atoms with Crippen molar-refractivity contribution in [2.45, 2.75) is 24.3 Å². The van der Waals surface area contributed by atoms with Crippen molar-refractivity contribution in [2.24, 2.45) is 5.10 Å². The maximum Gasteiger partial charge on any atom is 0.262 e. The Bertz CT molecular complexity index is 1310. The second-order valence-corrected chi connectivity index (χ2v) is 10.4. The highest BCUT2D eigenvalue weighted by atomic mass is 32.2. The number of sulfonamides is 1. The van der Waals surface area contributed by atoms with Gasteiger partial charge in [0.15, 0.2) is 0 Å². The standard InChI is InChI=1S/C26H28N4O4S/c1-4-15-29(3)35(32,33)22-13-11-21(12-14-22)27-18-26(31)30-24(25-6-5-16-34-25)17-23(28-30)20-9-7-19(2)8-10-20/h4-14,16,24,27H,1,15,17-18H2,2-3H3. The molecular weight excluding hydrogens is 464 g/mol. The quantitative estimate of drug-likeness (QED) is 0.452. The summed E-state index contributed by atoms with van der Waals surface area (Å²) in [6, 6.07) is 17.6. The van der Waals surface area contributed by atoms with Crippen molar-refractivity contribution in [3.05, 3.63) is 96.5 Å². The first kappa shape index (κ1) is 24.4. The monoisotopic (exact) mass is 492 g/mol. The van der Waals surface area contributed by atoms with Gasteiger partial charge in [-0.3, -0.25) is 4.79 Å². The Balaban J connectivity index is 1.47. The van der Waals surface area contributed by atoms with Gasteiger partial charge in [-0.25, -0.2) is 13.4 Å². The van der Waals surface area contributed by atoms with E-state index in [0.717, 1.165) is 16.8 Å². The van der Waals surface area contributed by atoms with Crippen LogP contribution in [0.5, 0.6) is 0 Å². The van der Waals surface area contributed by atoms with Crippen LogP contribution in [0, 0.1) is 6.92 Å². The van der Waals surface area contributed by atoms with E-state index in [1.165, 1.54) is 34.6 Å². The van der Waals surface area contributed by atoms with Crippen LogP contribution in [0.25, 0.3) is 0 Å². The van der Waals surface area contributed by atoms with Gasteiger partial charge in [0.05, 0.1) is 23.4 Å². The number of carbonyl (C=O) groups excluding carboxylic acids is 1. The van der Waals surface area contributed by atoms with E-state index < -0.39 is 10.0 Å². The van der Waals surface area contributed by atoms with Crippen molar-refractivity contribution in [1.29, 1.82) is 0 Å². The number of amides is 1. The van der Waals surface area contributed by atoms with E-state index in [2.05, 4.69) is 17.0 Å². The number of nitrogens with one attached hydrogen (secondary N) is 1. The normalized spacial score (nSPS) is 15.8. The summed E-state index contributed by atoms with van der Waals surface area (Å²) in [5.41, 5.74) is 3.56. The smallest absolute Gasteiger partial charge is 0.262 e. The molecule has 0 saturated heterocycles. The van der Waals surface area contributed by atoms with Crippen LogP contribution in [0.2, 0.25) is 0 Å². The molecule has 1 aliphatic rings. The highest BCUT2D eigenvalue weighted by Crippen LogP contribution is 2.33. The minimum atomic E-state index is -3.60. The molecule has 0 spiro atoms. The van der Waals surface area contributed by atoms with Crippen LogP contribution in [-0.4, -0.2) is 49.5 Å². The molecule has 8 nitrogen and oxygen atoms in total. The average Bonchev–Trinajstić information content (AvgIpc) is 3.54. The fraction of sp³-hybridized carbons (Fsp3) is 0.231. The number of anilines is 1. The molecule has 9 heteroatoms. The lowest BCUT2D eigenvalue weighted by molar-refractivity contribution is -0.131. The minimum absolute atomic E-state index is 0.00957. The Morgan fingerprint density at radius 1 is 1.20 bits per heavy atom. The summed E-state index contributed by atoms with van der Waals surface area (Å²) in [6.45, 7) is 5.81. The first-order chi connectivity index (χ1) is 16.8. The molecular formula is C26H28N4O4S. The third-order valence-corrected chi connectivity index (χ3v) is 7.65. The third kappa shape index (κ3) is 5.36. The van der Waals surface area contributed by atoms with E-state index in [0.29, 0.717) is 17.9 Å². The van der Waals surface area contributed by atoms with Crippen molar-refractivity contribution in [3.8, 4) is 0 Å². The van der Waals surface area contributed by atoms with E-state index in [9.17, 15) is 13.2 Å². The Kier molecular flexibility index (Phi) is 7.18. The number of hydrazone groups is 1. The van der Waals surface area contributed by atoms with Gasteiger partial charge in [-0.2, -0.15) is 9.41 Å². The predicted molar refractivity (Wildman–Crippen MR) is 136 cm³/mol. The number of furan rings is 1. The number of hydrogen-bond donors (Lipinski definition) is 1. The number of carbonyl (C=O) groups is 1. The van der Waals surface area contributed by atoms with Crippen molar-refractivity contribution in [2.75, 3.05) is 25.5 Å². The summed E-state index contributed by atoms with van der Waals surface area (Å²) in [5.74, 6) is 0.443. The molecule has 0 radical (unpaired) electrons. The van der Waals surface area contributed by atoms with Crippen LogP contribution in [0.1, 0.15) is 29.3 Å². The Labute approximate surface area is 205 Å². The second-order valence-electron chi connectivity index (χ2n) is 8.34. The lowest BCUT2D eigenvalue weighted by Gasteiger charge is -2.20. The molecule has 0 fully saturated rings. The van der Waals surface area contributed by atoms with Gasteiger partial charge in [0, 0.05) is 25.7 Å². The van der Waals surface area contributed by atoms with Gasteiger partial charge in [0.25, 0.3) is 5.91 Å². The van der Waals surface area contributed by atoms with Gasteiger partial charge in [-0.05, 0) is 48.9 Å². The molecule has 3 aromatic rings. The van der Waals surface area contributed by atoms with Gasteiger partial charge in [0.1, 0.15) is 11.8 Å². The largest absolute Gasteiger partial charge is 0.467 e. The molecule has 35 heavy (non-hydrogen) atoms. The number of nitrogens with zero attached hydrogens (tertiary/aromatic N) is 3. The number of rotatable bonds is 9. The van der Waals surface area contributed by atoms with Crippen LogP contribution in [0.4, 0.5) is 5.69 Å². The lowest BCUT2D eigenvalue weighted by atomic mass is 10.0. The topological polar surface area (TPSA) is 95.2 Å². The van der Waals surface area contributed by atoms with Crippen LogP contribution >= 0.6 is 0 Å². The average molecular weight is 493 g/mol. The van der Waals surface area contributed by atoms with Crippen LogP contribution in [0.15, 0.2) is 94.0 Å². The number of hydrogen-bond acceptors (Lipinski definition) is 6. The Hall–Kier alpha value is -3.69. The summed E-state index contributed by atoms with van der Waals surface area (Å²) in [6.07, 6.45) is 3.66. The van der Waals surface area contributed by atoms with Crippen LogP contribution in [-0.2, 0) is 14.8 Å². The van der Waals surface area contributed by atoms with E-state index >= 15 is 0 Å². The van der Waals surface area contributed by atoms with Crippen molar-refractivity contribution < 1.29 is 17.6 Å². The molecule has 2 heterocycles. The molecule has 1 aliphatic heterocycles. The molecule has 1 amide bonds. The Morgan fingerprint density at radius 3 is 2.54 bits per heavy atom. The number of benzene rings is 2. The molecule has 1 N–H and O–H groups in total. The van der Waals surface area contributed by atoms with E-state index in [-0.39, 0.29) is 29.9 Å². The predicted octanol–water partition coefficient (Wildman–Crippen LogP) is 4.18. The van der Waals surface area contributed by atoms with Crippen LogP contribution < -0.4 is 5.32 Å². The first-order valence-corrected chi connectivity index (χ1v) is 12.6. The van der Waals surface area contributed by atoms with Gasteiger partial charge in [0.2, 0.25) is 10.0 Å². The van der Waals surface area contributed by atoms with Crippen molar-refractivity contribution in [1.82, 2.24) is 9.31 Å². The highest BCUT2D eigenvalue weighted by Gasteiger charge is 2.34. The molecule has 1 aromatic heterocycles. The maximum atomic E-state index is 13.1. The molecule has 1 unspecified atom stereocenters. The molecule has 1 atom stereocenters. The van der Waals surface area contributed by atoms with Gasteiger partial charge in [-0.15, -0.1) is 6.58 Å². The van der Waals surface area contributed by atoms with Crippen LogP contribution in [0.3, 0.4) is 0 Å². The minimum Gasteiger partial charge on any atom is -0.467 e. The summed E-state index contributed by atoms with van der Waals surface area (Å²) >= 11 is 0. The zero-order chi connectivity index (χ0) is 25.0. The third-order valence-electron chi connectivity index (χ3n) is 5.81. The molecule has 0 saturated carbocycles. The van der Waals surface area contributed by atoms with E-state index in [1.807, 2.05) is 37.3 Å². The number of aryl methyl sites for hydroxylation is 1. The summed E-state index contributed by atoms with van der Waals surface area (Å²) in [4.78, 5) is 13.3. The zero-order valence-corrected chi connectivity index (χ0v) is 20.5. The maximum absolute atomic E-state index is 13.1. The SMILES string of the molecule is C=CCN(C)S(=O)(=O)c1ccc(NCC(=O)N2N=C(c3ccc(C)cc3)CC2c2ccco2)cc1. The van der Waals surface area contributed by atoms with Gasteiger partial charge >= 0.3 is 0 Å². The number of likely N-dealkylation sites (N-methyl/N-ethyl adjacent to an activating group) is 1. The molecule has 4 rings (SSSR count). The summed E-state index contributed by atoms with van der Waals surface area (Å²) in [7, 11) is -2.10. The molecule has 182 valence electrons. The zero-order valence-electron chi connectivity index (χ0n) is 19.7. The fourth-order valence-electron chi connectivity index (χ4n) is 3.83. The summed E-state index contributed by atoms with van der Waals surface area (Å²) in [5, 5.41) is 9.16. The molecule has 0 bridgehead atoms. The fourth-order valence-corrected chi connectivity index (χ4v) is 4.97. The highest BCUT2D eigenvalue weighted by molar-refractivity contribution is 7.89. The van der Waals surface area contributed by atoms with Crippen molar-refractivity contribution in [3.63, 3.8) is 0 Å². The Morgan fingerprint density at radius 2 is 1.91 bits per heavy atom. The second kappa shape index (κ2) is 10.3. The first-order valence-electron chi connectivity index (χ1n) is 11.2. The van der Waals surface area contributed by atoms with Crippen molar-refractivity contribution >= 4 is 27.3 Å². The van der Waals surface area contributed by atoms with E-state index in [1.54, 1.807) is 24.5 Å². The summed E-state index contributed by atoms with van der Waals surface area (Å²) < 4.78 is 31.9. The van der Waals surface area contributed by atoms with E-state index in [4.69, 9.17) is 4.42 Å². The molecule has 2 aromatic carbocycles. The lowest BCUT2D eigenvalue weighted by Crippen LogP contribution is -2.32. The van der Waals surface area contributed by atoms with Gasteiger partial charge in [-0.1, -0.05) is 35.9 Å².